The molecule has 1 aromatic heterocycles. The topological polar surface area (TPSA) is 36.4 Å². The van der Waals surface area contributed by atoms with Gasteiger partial charge in [0.25, 0.3) is 0 Å². The van der Waals surface area contributed by atoms with Crippen LogP contribution in [-0.2, 0) is 0 Å². The normalized spacial score (nSPS) is 19.0. The lowest BCUT2D eigenvalue weighted by Gasteiger charge is -2.32. The van der Waals surface area contributed by atoms with Gasteiger partial charge in [-0.05, 0) is 31.4 Å². The van der Waals surface area contributed by atoms with Crippen molar-refractivity contribution in [3.05, 3.63) is 23.9 Å². The first-order valence-corrected chi connectivity index (χ1v) is 6.55. The second-order valence-corrected chi connectivity index (χ2v) is 5.03. The maximum atomic E-state index is 9.45. The van der Waals surface area contributed by atoms with Crippen LogP contribution in [0.1, 0.15) is 50.7 Å². The Labute approximate surface area is 103 Å². The fraction of sp³-hybridized carbons (Fsp3) is 0.643. The minimum atomic E-state index is -0.434. The van der Waals surface area contributed by atoms with Gasteiger partial charge in [-0.25, -0.2) is 4.98 Å². The van der Waals surface area contributed by atoms with Crippen LogP contribution in [0.2, 0.25) is 0 Å². The molecule has 1 aliphatic rings. The van der Waals surface area contributed by atoms with E-state index in [1.165, 1.54) is 32.1 Å². The molecule has 0 bridgehead atoms. The van der Waals surface area contributed by atoms with Gasteiger partial charge in [-0.3, -0.25) is 0 Å². The second kappa shape index (κ2) is 5.50. The lowest BCUT2D eigenvalue weighted by molar-refractivity contribution is 0.199. The van der Waals surface area contributed by atoms with Gasteiger partial charge in [-0.15, -0.1) is 0 Å². The van der Waals surface area contributed by atoms with Crippen molar-refractivity contribution < 1.29 is 5.11 Å². The SMILES string of the molecule is C[C@H](O)c1ccc(N(C)C2CCCCC2)nc1. The summed E-state index contributed by atoms with van der Waals surface area (Å²) < 4.78 is 0. The fourth-order valence-electron chi connectivity index (χ4n) is 2.51. The smallest absolute Gasteiger partial charge is 0.128 e. The van der Waals surface area contributed by atoms with Crippen LogP contribution in [0.4, 0.5) is 5.82 Å². The Bertz CT molecular complexity index is 342. The number of hydrogen-bond donors (Lipinski definition) is 1. The molecule has 1 saturated carbocycles. The second-order valence-electron chi connectivity index (χ2n) is 5.03. The van der Waals surface area contributed by atoms with E-state index >= 15 is 0 Å². The van der Waals surface area contributed by atoms with Gasteiger partial charge < -0.3 is 10.0 Å². The van der Waals surface area contributed by atoms with Crippen molar-refractivity contribution in [2.75, 3.05) is 11.9 Å². The van der Waals surface area contributed by atoms with E-state index in [0.29, 0.717) is 6.04 Å². The van der Waals surface area contributed by atoms with E-state index < -0.39 is 6.10 Å². The Morgan fingerprint density at radius 1 is 1.29 bits per heavy atom. The summed E-state index contributed by atoms with van der Waals surface area (Å²) in [5.74, 6) is 1.02. The number of aliphatic hydroxyl groups excluding tert-OH is 1. The molecule has 0 aliphatic heterocycles. The van der Waals surface area contributed by atoms with E-state index in [9.17, 15) is 5.11 Å². The van der Waals surface area contributed by atoms with Gasteiger partial charge in [0.1, 0.15) is 5.82 Å². The van der Waals surface area contributed by atoms with Crippen LogP contribution in [0.25, 0.3) is 0 Å². The molecule has 0 aromatic carbocycles. The highest BCUT2D eigenvalue weighted by atomic mass is 16.3. The Morgan fingerprint density at radius 3 is 2.53 bits per heavy atom. The van der Waals surface area contributed by atoms with E-state index in [1.807, 2.05) is 12.1 Å². The molecule has 1 heterocycles. The predicted molar refractivity (Wildman–Crippen MR) is 70.1 cm³/mol. The quantitative estimate of drug-likeness (QED) is 0.873. The summed E-state index contributed by atoms with van der Waals surface area (Å²) >= 11 is 0. The predicted octanol–water partition coefficient (Wildman–Crippen LogP) is 2.90. The third kappa shape index (κ3) is 2.97. The van der Waals surface area contributed by atoms with Gasteiger partial charge in [0.2, 0.25) is 0 Å². The number of aliphatic hydroxyl groups is 1. The van der Waals surface area contributed by atoms with E-state index in [-0.39, 0.29) is 0 Å². The van der Waals surface area contributed by atoms with Gasteiger partial charge in [0, 0.05) is 19.3 Å². The van der Waals surface area contributed by atoms with Crippen LogP contribution >= 0.6 is 0 Å². The van der Waals surface area contributed by atoms with E-state index in [4.69, 9.17) is 0 Å². The Kier molecular flexibility index (Phi) is 4.00. The molecule has 0 amide bonds. The average Bonchev–Trinajstić information content (AvgIpc) is 2.39. The molecule has 1 aromatic rings. The van der Waals surface area contributed by atoms with Crippen molar-refractivity contribution in [3.8, 4) is 0 Å². The van der Waals surface area contributed by atoms with Crippen molar-refractivity contribution in [3.63, 3.8) is 0 Å². The first kappa shape index (κ1) is 12.4. The minimum absolute atomic E-state index is 0.434. The molecule has 1 fully saturated rings. The van der Waals surface area contributed by atoms with Crippen LogP contribution in [0, 0.1) is 0 Å². The molecule has 3 nitrogen and oxygen atoms in total. The average molecular weight is 234 g/mol. The monoisotopic (exact) mass is 234 g/mol. The number of anilines is 1. The van der Waals surface area contributed by atoms with Crippen molar-refractivity contribution in [1.29, 1.82) is 0 Å². The summed E-state index contributed by atoms with van der Waals surface area (Å²) in [4.78, 5) is 6.72. The molecule has 3 heteroatoms. The molecular formula is C14H22N2O. The van der Waals surface area contributed by atoms with Gasteiger partial charge >= 0.3 is 0 Å². The number of pyridine rings is 1. The zero-order chi connectivity index (χ0) is 12.3. The largest absolute Gasteiger partial charge is 0.389 e. The van der Waals surface area contributed by atoms with Gasteiger partial charge in [-0.2, -0.15) is 0 Å². The maximum Gasteiger partial charge on any atom is 0.128 e. The van der Waals surface area contributed by atoms with E-state index in [1.54, 1.807) is 13.1 Å². The Hall–Kier alpha value is -1.09. The molecule has 2 rings (SSSR count). The maximum absolute atomic E-state index is 9.45. The van der Waals surface area contributed by atoms with Gasteiger partial charge in [0.05, 0.1) is 6.10 Å². The molecular weight excluding hydrogens is 212 g/mol. The van der Waals surface area contributed by atoms with Crippen LogP contribution < -0.4 is 4.90 Å². The first-order valence-electron chi connectivity index (χ1n) is 6.55. The first-order chi connectivity index (χ1) is 8.18. The molecule has 17 heavy (non-hydrogen) atoms. The molecule has 1 N–H and O–H groups in total. The van der Waals surface area contributed by atoms with E-state index in [2.05, 4.69) is 16.9 Å². The molecule has 0 radical (unpaired) electrons. The van der Waals surface area contributed by atoms with Crippen LogP contribution in [0.5, 0.6) is 0 Å². The lowest BCUT2D eigenvalue weighted by Crippen LogP contribution is -2.33. The highest BCUT2D eigenvalue weighted by Gasteiger charge is 2.18. The number of nitrogens with zero attached hydrogens (tertiary/aromatic N) is 2. The van der Waals surface area contributed by atoms with Gasteiger partial charge in [-0.1, -0.05) is 25.3 Å². The lowest BCUT2D eigenvalue weighted by atomic mass is 9.94. The third-order valence-electron chi connectivity index (χ3n) is 3.74. The highest BCUT2D eigenvalue weighted by Crippen LogP contribution is 2.25. The molecule has 0 saturated heterocycles. The highest BCUT2D eigenvalue weighted by molar-refractivity contribution is 5.40. The molecule has 1 atom stereocenters. The number of rotatable bonds is 3. The zero-order valence-corrected chi connectivity index (χ0v) is 10.8. The molecule has 0 spiro atoms. The fourth-order valence-corrected chi connectivity index (χ4v) is 2.51. The summed E-state index contributed by atoms with van der Waals surface area (Å²) in [5.41, 5.74) is 0.880. The van der Waals surface area contributed by atoms with E-state index in [0.717, 1.165) is 11.4 Å². The van der Waals surface area contributed by atoms with Crippen LogP contribution in [0.3, 0.4) is 0 Å². The summed E-state index contributed by atoms with van der Waals surface area (Å²) in [5, 5.41) is 9.45. The zero-order valence-electron chi connectivity index (χ0n) is 10.8. The van der Waals surface area contributed by atoms with Crippen molar-refractivity contribution in [2.24, 2.45) is 0 Å². The standard InChI is InChI=1S/C14H22N2O/c1-11(17)12-8-9-14(15-10-12)16(2)13-6-4-3-5-7-13/h8-11,13,17H,3-7H2,1-2H3/t11-/m0/s1. The summed E-state index contributed by atoms with van der Waals surface area (Å²) in [6.07, 6.45) is 7.93. The Morgan fingerprint density at radius 2 is 2.00 bits per heavy atom. The minimum Gasteiger partial charge on any atom is -0.389 e. The third-order valence-corrected chi connectivity index (χ3v) is 3.74. The van der Waals surface area contributed by atoms with Crippen molar-refractivity contribution >= 4 is 5.82 Å². The van der Waals surface area contributed by atoms with Gasteiger partial charge in [0.15, 0.2) is 0 Å². The van der Waals surface area contributed by atoms with Crippen molar-refractivity contribution in [2.45, 2.75) is 51.2 Å². The molecule has 1 aliphatic carbocycles. The van der Waals surface area contributed by atoms with Crippen molar-refractivity contribution in [1.82, 2.24) is 4.98 Å². The number of hydrogen-bond acceptors (Lipinski definition) is 3. The summed E-state index contributed by atoms with van der Waals surface area (Å²) in [6, 6.07) is 4.61. The molecule has 94 valence electrons. The number of aromatic nitrogens is 1. The Balaban J connectivity index is 2.05. The summed E-state index contributed by atoms with van der Waals surface area (Å²) in [7, 11) is 2.13. The summed E-state index contributed by atoms with van der Waals surface area (Å²) in [6.45, 7) is 1.77. The van der Waals surface area contributed by atoms with Crippen LogP contribution in [0.15, 0.2) is 18.3 Å². The molecule has 0 unspecified atom stereocenters. The van der Waals surface area contributed by atoms with Crippen LogP contribution in [-0.4, -0.2) is 23.2 Å².